The van der Waals surface area contributed by atoms with E-state index in [9.17, 15) is 0 Å². The summed E-state index contributed by atoms with van der Waals surface area (Å²) < 4.78 is 0. The number of nitrogens with zero attached hydrogens (tertiary/aromatic N) is 4. The van der Waals surface area contributed by atoms with Gasteiger partial charge in [-0.15, -0.1) is 0 Å². The molecular weight excluding hydrogens is 248 g/mol. The van der Waals surface area contributed by atoms with Crippen molar-refractivity contribution in [2.75, 3.05) is 66.7 Å². The first kappa shape index (κ1) is 16.2. The second kappa shape index (κ2) is 8.98. The molecule has 4 heteroatoms. The molecule has 0 aromatic heterocycles. The van der Waals surface area contributed by atoms with E-state index in [1.807, 2.05) is 0 Å². The highest BCUT2D eigenvalue weighted by molar-refractivity contribution is 4.67. The van der Waals surface area contributed by atoms with Gasteiger partial charge in [0, 0.05) is 26.2 Å². The SMILES string of the molecule is CN1CCCN(CCCCCCN2CCCN(C)C2)C1. The van der Waals surface area contributed by atoms with Crippen LogP contribution in [0.3, 0.4) is 0 Å². The van der Waals surface area contributed by atoms with Gasteiger partial charge in [-0.3, -0.25) is 19.6 Å². The van der Waals surface area contributed by atoms with Crippen LogP contribution in [0.15, 0.2) is 0 Å². The molecule has 2 aliphatic heterocycles. The Hall–Kier alpha value is -0.160. The first-order valence-electron chi connectivity index (χ1n) is 8.56. The van der Waals surface area contributed by atoms with Gasteiger partial charge in [-0.2, -0.15) is 0 Å². The van der Waals surface area contributed by atoms with Crippen molar-refractivity contribution in [3.05, 3.63) is 0 Å². The topological polar surface area (TPSA) is 13.0 Å². The lowest BCUT2D eigenvalue weighted by atomic mass is 10.1. The summed E-state index contributed by atoms with van der Waals surface area (Å²) in [6.07, 6.45) is 8.27. The quantitative estimate of drug-likeness (QED) is 0.659. The number of rotatable bonds is 7. The van der Waals surface area contributed by atoms with E-state index in [1.54, 1.807) is 0 Å². The molecule has 2 saturated heterocycles. The van der Waals surface area contributed by atoms with Crippen LogP contribution in [0.25, 0.3) is 0 Å². The van der Waals surface area contributed by atoms with Crippen molar-refractivity contribution < 1.29 is 0 Å². The molecule has 20 heavy (non-hydrogen) atoms. The van der Waals surface area contributed by atoms with E-state index in [0.29, 0.717) is 0 Å². The molecule has 0 aliphatic carbocycles. The van der Waals surface area contributed by atoms with Crippen molar-refractivity contribution in [3.8, 4) is 0 Å². The zero-order chi connectivity index (χ0) is 14.2. The highest BCUT2D eigenvalue weighted by atomic mass is 15.3. The molecular formula is C16H34N4. The molecule has 0 unspecified atom stereocenters. The van der Waals surface area contributed by atoms with Crippen LogP contribution in [0.2, 0.25) is 0 Å². The zero-order valence-corrected chi connectivity index (χ0v) is 13.7. The molecule has 4 nitrogen and oxygen atoms in total. The van der Waals surface area contributed by atoms with Crippen molar-refractivity contribution in [1.29, 1.82) is 0 Å². The van der Waals surface area contributed by atoms with Crippen LogP contribution in [0.4, 0.5) is 0 Å². The summed E-state index contributed by atoms with van der Waals surface area (Å²) in [5.41, 5.74) is 0. The lowest BCUT2D eigenvalue weighted by Crippen LogP contribution is -2.43. The predicted octanol–water partition coefficient (Wildman–Crippen LogP) is 1.74. The van der Waals surface area contributed by atoms with Gasteiger partial charge in [0.1, 0.15) is 0 Å². The minimum Gasteiger partial charge on any atom is -0.293 e. The average molecular weight is 282 g/mol. The molecule has 0 saturated carbocycles. The van der Waals surface area contributed by atoms with Gasteiger partial charge < -0.3 is 0 Å². The molecule has 0 spiro atoms. The highest BCUT2D eigenvalue weighted by Crippen LogP contribution is 2.09. The van der Waals surface area contributed by atoms with Crippen molar-refractivity contribution in [2.45, 2.75) is 38.5 Å². The van der Waals surface area contributed by atoms with Gasteiger partial charge in [-0.05, 0) is 52.9 Å². The maximum atomic E-state index is 2.61. The van der Waals surface area contributed by atoms with E-state index in [2.05, 4.69) is 33.7 Å². The van der Waals surface area contributed by atoms with Crippen molar-refractivity contribution in [2.24, 2.45) is 0 Å². The summed E-state index contributed by atoms with van der Waals surface area (Å²) >= 11 is 0. The number of hydrogen-bond donors (Lipinski definition) is 0. The Balaban J connectivity index is 1.43. The second-order valence-electron chi connectivity index (χ2n) is 6.80. The van der Waals surface area contributed by atoms with Gasteiger partial charge in [-0.25, -0.2) is 0 Å². The number of unbranched alkanes of at least 4 members (excludes halogenated alkanes) is 3. The third-order valence-corrected chi connectivity index (χ3v) is 4.61. The molecule has 2 fully saturated rings. The fraction of sp³-hybridized carbons (Fsp3) is 1.00. The zero-order valence-electron chi connectivity index (χ0n) is 13.7. The summed E-state index contributed by atoms with van der Waals surface area (Å²) in [5, 5.41) is 0. The minimum absolute atomic E-state index is 1.18. The molecule has 118 valence electrons. The molecule has 0 radical (unpaired) electrons. The van der Waals surface area contributed by atoms with Crippen LogP contribution in [-0.4, -0.2) is 86.3 Å². The highest BCUT2D eigenvalue weighted by Gasteiger charge is 2.14. The van der Waals surface area contributed by atoms with E-state index in [1.165, 1.54) is 91.1 Å². The van der Waals surface area contributed by atoms with Crippen molar-refractivity contribution in [3.63, 3.8) is 0 Å². The molecule has 0 aromatic carbocycles. The van der Waals surface area contributed by atoms with Gasteiger partial charge in [-0.1, -0.05) is 12.8 Å². The van der Waals surface area contributed by atoms with Crippen LogP contribution in [-0.2, 0) is 0 Å². The molecule has 2 aliphatic rings. The van der Waals surface area contributed by atoms with Crippen LogP contribution >= 0.6 is 0 Å². The molecule has 2 rings (SSSR count). The van der Waals surface area contributed by atoms with Gasteiger partial charge in [0.2, 0.25) is 0 Å². The lowest BCUT2D eigenvalue weighted by molar-refractivity contribution is 0.102. The third kappa shape index (κ3) is 6.08. The Kier molecular flexibility index (Phi) is 7.28. The second-order valence-corrected chi connectivity index (χ2v) is 6.80. The molecule has 0 aromatic rings. The minimum atomic E-state index is 1.18. The maximum absolute atomic E-state index is 2.61. The predicted molar refractivity (Wildman–Crippen MR) is 85.8 cm³/mol. The van der Waals surface area contributed by atoms with E-state index in [4.69, 9.17) is 0 Å². The summed E-state index contributed by atoms with van der Waals surface area (Å²) in [6, 6.07) is 0. The van der Waals surface area contributed by atoms with Crippen LogP contribution in [0.1, 0.15) is 38.5 Å². The van der Waals surface area contributed by atoms with Gasteiger partial charge in [0.05, 0.1) is 13.3 Å². The largest absolute Gasteiger partial charge is 0.293 e. The Labute approximate surface area is 125 Å². The van der Waals surface area contributed by atoms with Gasteiger partial charge >= 0.3 is 0 Å². The maximum Gasteiger partial charge on any atom is 0.0503 e. The third-order valence-electron chi connectivity index (χ3n) is 4.61. The van der Waals surface area contributed by atoms with Crippen LogP contribution in [0, 0.1) is 0 Å². The summed E-state index contributed by atoms with van der Waals surface area (Å²) in [5.74, 6) is 0. The fourth-order valence-corrected chi connectivity index (χ4v) is 3.48. The Morgan fingerprint density at radius 2 is 1.05 bits per heavy atom. The standard InChI is InChI=1S/C16H34N4/c1-17-9-7-13-19(15-17)11-5-3-4-6-12-20-14-8-10-18(2)16-20/h3-16H2,1-2H3. The van der Waals surface area contributed by atoms with E-state index in [0.717, 1.165) is 0 Å². The smallest absolute Gasteiger partial charge is 0.0503 e. The summed E-state index contributed by atoms with van der Waals surface area (Å²) in [7, 11) is 4.48. The molecule has 0 N–H and O–H groups in total. The van der Waals surface area contributed by atoms with Crippen molar-refractivity contribution >= 4 is 0 Å². The summed E-state index contributed by atoms with van der Waals surface area (Å²) in [4.78, 5) is 10.1. The number of hydrogen-bond acceptors (Lipinski definition) is 4. The summed E-state index contributed by atoms with van der Waals surface area (Å²) in [6.45, 7) is 10.1. The van der Waals surface area contributed by atoms with Crippen molar-refractivity contribution in [1.82, 2.24) is 19.6 Å². The molecule has 0 bridgehead atoms. The normalized spacial score (nSPS) is 24.3. The van der Waals surface area contributed by atoms with E-state index < -0.39 is 0 Å². The molecule has 0 atom stereocenters. The fourth-order valence-electron chi connectivity index (χ4n) is 3.48. The van der Waals surface area contributed by atoms with Gasteiger partial charge in [0.15, 0.2) is 0 Å². The van der Waals surface area contributed by atoms with Gasteiger partial charge in [0.25, 0.3) is 0 Å². The monoisotopic (exact) mass is 282 g/mol. The van der Waals surface area contributed by atoms with Crippen LogP contribution in [0.5, 0.6) is 0 Å². The van der Waals surface area contributed by atoms with E-state index in [-0.39, 0.29) is 0 Å². The Morgan fingerprint density at radius 1 is 0.600 bits per heavy atom. The lowest BCUT2D eigenvalue weighted by Gasteiger charge is -2.33. The Bertz CT molecular complexity index is 233. The Morgan fingerprint density at radius 3 is 1.45 bits per heavy atom. The molecule has 2 heterocycles. The molecule has 0 amide bonds. The first-order chi connectivity index (χ1) is 9.74. The van der Waals surface area contributed by atoms with E-state index >= 15 is 0 Å². The van der Waals surface area contributed by atoms with Crippen LogP contribution < -0.4 is 0 Å². The first-order valence-corrected chi connectivity index (χ1v) is 8.56. The average Bonchev–Trinajstić information content (AvgIpc) is 2.43.